The molecule has 0 aliphatic heterocycles. The first-order chi connectivity index (χ1) is 9.02. The summed E-state index contributed by atoms with van der Waals surface area (Å²) in [6.45, 7) is 7.20. The lowest BCUT2D eigenvalue weighted by atomic mass is 10.1. The van der Waals surface area contributed by atoms with Crippen LogP contribution in [0.5, 0.6) is 0 Å². The average molecular weight is 300 g/mol. The smallest absolute Gasteiger partial charge is 0.271 e. The molecule has 0 radical (unpaired) electrons. The monoisotopic (exact) mass is 300 g/mol. The van der Waals surface area contributed by atoms with Crippen LogP contribution in [0.15, 0.2) is 39.6 Å². The molecule has 112 valence electrons. The lowest BCUT2D eigenvalue weighted by Gasteiger charge is -2.03. The molecular weight excluding hydrogens is 280 g/mol. The summed E-state index contributed by atoms with van der Waals surface area (Å²) in [5, 5.41) is 10.6. The predicted octanol–water partition coefficient (Wildman–Crippen LogP) is 2.52. The number of rotatable bonds is 4. The van der Waals surface area contributed by atoms with Crippen LogP contribution in [0.4, 0.5) is 0 Å². The minimum absolute atomic E-state index is 0.238. The van der Waals surface area contributed by atoms with Gasteiger partial charge < -0.3 is 0 Å². The molecule has 0 heterocycles. The van der Waals surface area contributed by atoms with Crippen LogP contribution in [0, 0.1) is 10.1 Å². The number of hydrogen-bond acceptors (Lipinski definition) is 5. The van der Waals surface area contributed by atoms with Crippen molar-refractivity contribution in [1.29, 1.82) is 0 Å². The molecule has 20 heavy (non-hydrogen) atoms. The van der Waals surface area contributed by atoms with Crippen molar-refractivity contribution < 1.29 is 13.3 Å². The molecule has 0 spiro atoms. The molecule has 0 aromatic rings. The predicted molar refractivity (Wildman–Crippen MR) is 81.1 cm³/mol. The molecule has 0 aromatic heterocycles. The van der Waals surface area contributed by atoms with Crippen molar-refractivity contribution in [2.75, 3.05) is 13.3 Å². The van der Waals surface area contributed by atoms with Gasteiger partial charge in [0, 0.05) is 18.9 Å². The van der Waals surface area contributed by atoms with E-state index in [0.717, 1.165) is 17.4 Å². The maximum Gasteiger partial charge on any atom is 0.308 e. The van der Waals surface area contributed by atoms with E-state index in [1.54, 1.807) is 6.08 Å². The molecular formula is C13H20N2O4S. The number of allylic oxidation sites excluding steroid dienone is 5. The first-order valence-corrected chi connectivity index (χ1v) is 7.76. The maximum atomic E-state index is 11.6. The van der Waals surface area contributed by atoms with Crippen molar-refractivity contribution in [1.82, 2.24) is 0 Å². The molecule has 6 nitrogen and oxygen atoms in total. The van der Waals surface area contributed by atoms with Gasteiger partial charge in [-0.05, 0) is 27.7 Å². The normalized spacial score (nSPS) is 14.2. The quantitative estimate of drug-likeness (QED) is 0.262. The minimum Gasteiger partial charge on any atom is -0.271 e. The van der Waals surface area contributed by atoms with E-state index in [-0.39, 0.29) is 5.57 Å². The molecule has 0 aliphatic carbocycles. The zero-order valence-electron chi connectivity index (χ0n) is 12.6. The van der Waals surface area contributed by atoms with Crippen molar-refractivity contribution in [2.45, 2.75) is 27.7 Å². The van der Waals surface area contributed by atoms with Gasteiger partial charge in [0.15, 0.2) is 9.84 Å². The highest BCUT2D eigenvalue weighted by molar-refractivity contribution is 8.06. The second-order valence-electron chi connectivity index (χ2n) is 4.61. The molecule has 0 aliphatic rings. The Hall–Kier alpha value is -1.76. The number of nitro groups is 1. The Morgan fingerprint density at radius 3 is 1.85 bits per heavy atom. The number of sulfone groups is 1. The van der Waals surface area contributed by atoms with Crippen LogP contribution in [-0.2, 0) is 9.84 Å². The van der Waals surface area contributed by atoms with Gasteiger partial charge in [0.25, 0.3) is 0 Å². The summed E-state index contributed by atoms with van der Waals surface area (Å²) in [6.07, 6.45) is 4.14. The highest BCUT2D eigenvalue weighted by Crippen LogP contribution is 2.14. The molecule has 0 bridgehead atoms. The largest absolute Gasteiger partial charge is 0.308 e. The van der Waals surface area contributed by atoms with Crippen molar-refractivity contribution >= 4 is 14.9 Å². The second-order valence-corrected chi connectivity index (χ2v) is 6.54. The fourth-order valence-corrected chi connectivity index (χ4v) is 2.25. The number of aliphatic imine (C=N–C) groups is 1. The van der Waals surface area contributed by atoms with Crippen LogP contribution in [0.2, 0.25) is 0 Å². The van der Waals surface area contributed by atoms with Gasteiger partial charge >= 0.3 is 5.70 Å². The zero-order chi connectivity index (χ0) is 16.1. The third-order valence-corrected chi connectivity index (χ3v) is 3.76. The fourth-order valence-electron chi connectivity index (χ4n) is 1.33. The van der Waals surface area contributed by atoms with Gasteiger partial charge in [-0.25, -0.2) is 8.42 Å². The van der Waals surface area contributed by atoms with Crippen LogP contribution in [-0.4, -0.2) is 31.7 Å². The van der Waals surface area contributed by atoms with Gasteiger partial charge in [0.05, 0.1) is 4.92 Å². The van der Waals surface area contributed by atoms with Gasteiger partial charge in [0.1, 0.15) is 0 Å². The molecule has 0 fully saturated rings. The van der Waals surface area contributed by atoms with Crippen LogP contribution < -0.4 is 0 Å². The van der Waals surface area contributed by atoms with Crippen LogP contribution in [0.1, 0.15) is 27.7 Å². The van der Waals surface area contributed by atoms with Gasteiger partial charge in [-0.15, -0.1) is 0 Å². The summed E-state index contributed by atoms with van der Waals surface area (Å²) in [5.41, 5.74) is 1.78. The Bertz CT molecular complexity index is 619. The van der Waals surface area contributed by atoms with Crippen molar-refractivity contribution in [3.05, 3.63) is 44.7 Å². The SMILES string of the molecule is CN=C(/C(=C(C)/C=C\C(C)=C(C)C)[N+](=O)[O-])S(C)(=O)=O. The van der Waals surface area contributed by atoms with Crippen molar-refractivity contribution in [3.8, 4) is 0 Å². The van der Waals surface area contributed by atoms with Gasteiger partial charge in [-0.2, -0.15) is 0 Å². The van der Waals surface area contributed by atoms with E-state index in [0.29, 0.717) is 0 Å². The molecule has 0 saturated carbocycles. The molecule has 0 N–H and O–H groups in total. The average Bonchev–Trinajstić information content (AvgIpc) is 2.29. The molecule has 0 rings (SSSR count). The summed E-state index contributed by atoms with van der Waals surface area (Å²) in [4.78, 5) is 13.9. The van der Waals surface area contributed by atoms with Gasteiger partial charge in [-0.1, -0.05) is 23.3 Å². The highest BCUT2D eigenvalue weighted by Gasteiger charge is 2.29. The lowest BCUT2D eigenvalue weighted by molar-refractivity contribution is -0.415. The summed E-state index contributed by atoms with van der Waals surface area (Å²) < 4.78 is 23.1. The summed E-state index contributed by atoms with van der Waals surface area (Å²) in [6, 6.07) is 0. The van der Waals surface area contributed by atoms with Gasteiger partial charge in [0.2, 0.25) is 5.04 Å². The van der Waals surface area contributed by atoms with E-state index in [1.807, 2.05) is 20.8 Å². The maximum absolute atomic E-state index is 11.6. The van der Waals surface area contributed by atoms with Crippen LogP contribution >= 0.6 is 0 Å². The van der Waals surface area contributed by atoms with E-state index in [2.05, 4.69) is 4.99 Å². The summed E-state index contributed by atoms with van der Waals surface area (Å²) in [5.74, 6) is 0. The standard InChI is InChI=1S/C13H20N2O4S/c1-9(2)10(3)7-8-11(4)12(15(16)17)13(14-5)20(6,18)19/h7-8H,1-6H3/b8-7-,12-11-,14-13?. The molecule has 0 unspecified atom stereocenters. The van der Waals surface area contributed by atoms with E-state index >= 15 is 0 Å². The topological polar surface area (TPSA) is 89.6 Å². The van der Waals surface area contributed by atoms with Crippen molar-refractivity contribution in [3.63, 3.8) is 0 Å². The first kappa shape index (κ1) is 18.2. The molecule has 0 saturated heterocycles. The molecule has 7 heteroatoms. The van der Waals surface area contributed by atoms with Gasteiger partial charge in [-0.3, -0.25) is 15.1 Å². The number of hydrogen-bond donors (Lipinski definition) is 0. The van der Waals surface area contributed by atoms with Crippen LogP contribution in [0.25, 0.3) is 0 Å². The Balaban J connectivity index is 6.01. The fraction of sp³-hybridized carbons (Fsp3) is 0.462. The molecule has 0 amide bonds. The van der Waals surface area contributed by atoms with E-state index in [9.17, 15) is 18.5 Å². The summed E-state index contributed by atoms with van der Waals surface area (Å²) >= 11 is 0. The lowest BCUT2D eigenvalue weighted by Crippen LogP contribution is -2.21. The Morgan fingerprint density at radius 1 is 1.10 bits per heavy atom. The Labute approximate surface area is 119 Å². The van der Waals surface area contributed by atoms with E-state index in [1.165, 1.54) is 20.0 Å². The number of nitrogens with zero attached hydrogens (tertiary/aromatic N) is 2. The first-order valence-electron chi connectivity index (χ1n) is 5.87. The van der Waals surface area contributed by atoms with E-state index < -0.39 is 25.5 Å². The van der Waals surface area contributed by atoms with Crippen LogP contribution in [0.3, 0.4) is 0 Å². The van der Waals surface area contributed by atoms with Crippen molar-refractivity contribution in [2.24, 2.45) is 4.99 Å². The zero-order valence-corrected chi connectivity index (χ0v) is 13.4. The third-order valence-electron chi connectivity index (χ3n) is 2.68. The Morgan fingerprint density at radius 2 is 1.55 bits per heavy atom. The minimum atomic E-state index is -3.75. The third kappa shape index (κ3) is 5.08. The van der Waals surface area contributed by atoms with E-state index in [4.69, 9.17) is 0 Å². The Kier molecular flexibility index (Phi) is 6.51. The second kappa shape index (κ2) is 7.14. The highest BCUT2D eigenvalue weighted by atomic mass is 32.2. The molecule has 0 atom stereocenters. The molecule has 0 aromatic carbocycles. The summed E-state index contributed by atoms with van der Waals surface area (Å²) in [7, 11) is -2.53.